The van der Waals surface area contributed by atoms with Crippen LogP contribution in [0, 0.1) is 30.6 Å². The Morgan fingerprint density at radius 3 is 2.79 bits per heavy atom. The number of benzene rings is 1. The van der Waals surface area contributed by atoms with Crippen molar-refractivity contribution in [3.8, 4) is 18.4 Å². The van der Waals surface area contributed by atoms with E-state index in [1.807, 2.05) is 26.0 Å². The minimum atomic E-state index is -0.0253. The summed E-state index contributed by atoms with van der Waals surface area (Å²) in [4.78, 5) is 0. The van der Waals surface area contributed by atoms with E-state index in [1.54, 1.807) is 6.07 Å². The molecule has 0 bridgehead atoms. The molecule has 1 unspecified atom stereocenters. The third-order valence-electron chi connectivity index (χ3n) is 1.99. The number of rotatable bonds is 2. The maximum absolute atomic E-state index is 8.73. The molecule has 1 atom stereocenters. The van der Waals surface area contributed by atoms with Crippen molar-refractivity contribution in [3.05, 3.63) is 29.3 Å². The van der Waals surface area contributed by atoms with Gasteiger partial charge in [-0.3, -0.25) is 0 Å². The van der Waals surface area contributed by atoms with Gasteiger partial charge in [0.2, 0.25) is 0 Å². The fraction of sp³-hybridized carbons (Fsp3) is 0.250. The first-order valence-electron chi connectivity index (χ1n) is 4.41. The molecule has 0 amide bonds. The lowest BCUT2D eigenvalue weighted by atomic mass is 10.1. The zero-order valence-corrected chi connectivity index (χ0v) is 8.33. The summed E-state index contributed by atoms with van der Waals surface area (Å²) in [5.41, 5.74) is 2.66. The first kappa shape index (κ1) is 10.2. The number of hydrogen-bond acceptors (Lipinski definition) is 2. The van der Waals surface area contributed by atoms with Crippen LogP contribution in [-0.2, 0) is 0 Å². The van der Waals surface area contributed by atoms with Crippen LogP contribution >= 0.6 is 0 Å². The number of nitrogens with one attached hydrogen (secondary N) is 1. The van der Waals surface area contributed by atoms with Gasteiger partial charge in [0, 0.05) is 5.69 Å². The molecule has 0 aliphatic heterocycles. The summed E-state index contributed by atoms with van der Waals surface area (Å²) >= 11 is 0. The first-order chi connectivity index (χ1) is 6.67. The molecule has 0 aliphatic carbocycles. The van der Waals surface area contributed by atoms with Crippen LogP contribution in [0.4, 0.5) is 5.69 Å². The van der Waals surface area contributed by atoms with Gasteiger partial charge in [-0.15, -0.1) is 6.42 Å². The van der Waals surface area contributed by atoms with Gasteiger partial charge in [-0.2, -0.15) is 5.26 Å². The van der Waals surface area contributed by atoms with E-state index in [1.165, 1.54) is 0 Å². The molecule has 2 nitrogen and oxygen atoms in total. The van der Waals surface area contributed by atoms with Gasteiger partial charge in [0.1, 0.15) is 0 Å². The topological polar surface area (TPSA) is 35.8 Å². The van der Waals surface area contributed by atoms with Crippen LogP contribution in [0.1, 0.15) is 18.1 Å². The zero-order chi connectivity index (χ0) is 10.6. The van der Waals surface area contributed by atoms with Crippen molar-refractivity contribution < 1.29 is 0 Å². The van der Waals surface area contributed by atoms with Crippen molar-refractivity contribution in [2.24, 2.45) is 0 Å². The Hall–Kier alpha value is -1.93. The van der Waals surface area contributed by atoms with Crippen molar-refractivity contribution in [2.75, 3.05) is 5.32 Å². The van der Waals surface area contributed by atoms with E-state index < -0.39 is 0 Å². The van der Waals surface area contributed by atoms with Crippen molar-refractivity contribution >= 4 is 5.69 Å². The SMILES string of the molecule is C#CC(C)Nc1cc(C#N)ccc1C. The number of hydrogen-bond donors (Lipinski definition) is 1. The molecule has 1 aromatic carbocycles. The van der Waals surface area contributed by atoms with Crippen LogP contribution in [0.3, 0.4) is 0 Å². The maximum atomic E-state index is 8.73. The summed E-state index contributed by atoms with van der Waals surface area (Å²) in [5, 5.41) is 11.9. The largest absolute Gasteiger partial charge is 0.372 e. The summed E-state index contributed by atoms with van der Waals surface area (Å²) in [5.74, 6) is 2.58. The molecule has 0 fully saturated rings. The average Bonchev–Trinajstić information content (AvgIpc) is 2.21. The highest BCUT2D eigenvalue weighted by Gasteiger charge is 2.02. The minimum absolute atomic E-state index is 0.0253. The Morgan fingerprint density at radius 2 is 2.21 bits per heavy atom. The smallest absolute Gasteiger partial charge is 0.0992 e. The molecular weight excluding hydrogens is 172 g/mol. The fourth-order valence-electron chi connectivity index (χ4n) is 1.12. The number of nitriles is 1. The quantitative estimate of drug-likeness (QED) is 0.716. The summed E-state index contributed by atoms with van der Waals surface area (Å²) in [7, 11) is 0. The molecule has 1 N–H and O–H groups in total. The predicted molar refractivity (Wildman–Crippen MR) is 57.8 cm³/mol. The van der Waals surface area contributed by atoms with Gasteiger partial charge in [0.25, 0.3) is 0 Å². The van der Waals surface area contributed by atoms with Crippen molar-refractivity contribution in [1.29, 1.82) is 5.26 Å². The first-order valence-corrected chi connectivity index (χ1v) is 4.41. The Balaban J connectivity index is 2.97. The van der Waals surface area contributed by atoms with Crippen molar-refractivity contribution in [1.82, 2.24) is 0 Å². The van der Waals surface area contributed by atoms with E-state index in [-0.39, 0.29) is 6.04 Å². The third kappa shape index (κ3) is 2.28. The summed E-state index contributed by atoms with van der Waals surface area (Å²) < 4.78 is 0. The molecule has 0 saturated heterocycles. The number of anilines is 1. The zero-order valence-electron chi connectivity index (χ0n) is 8.33. The highest BCUT2D eigenvalue weighted by molar-refractivity contribution is 5.56. The lowest BCUT2D eigenvalue weighted by molar-refractivity contribution is 1.03. The Labute approximate surface area is 84.6 Å². The number of nitrogens with zero attached hydrogens (tertiary/aromatic N) is 1. The van der Waals surface area contributed by atoms with Crippen LogP contribution in [0.25, 0.3) is 0 Å². The molecule has 0 heterocycles. The van der Waals surface area contributed by atoms with Crippen LogP contribution in [0.5, 0.6) is 0 Å². The van der Waals surface area contributed by atoms with E-state index in [2.05, 4.69) is 17.3 Å². The number of aryl methyl sites for hydroxylation is 1. The third-order valence-corrected chi connectivity index (χ3v) is 1.99. The van der Waals surface area contributed by atoms with Crippen molar-refractivity contribution in [2.45, 2.75) is 19.9 Å². The Morgan fingerprint density at radius 1 is 1.50 bits per heavy atom. The lowest BCUT2D eigenvalue weighted by Crippen LogP contribution is -2.12. The summed E-state index contributed by atoms with van der Waals surface area (Å²) in [6, 6.07) is 7.58. The Bertz CT molecular complexity index is 407. The van der Waals surface area contributed by atoms with E-state index in [9.17, 15) is 0 Å². The predicted octanol–water partition coefficient (Wildman–Crippen LogP) is 2.30. The summed E-state index contributed by atoms with van der Waals surface area (Å²) in [6.45, 7) is 3.88. The maximum Gasteiger partial charge on any atom is 0.0992 e. The standard InChI is InChI=1S/C12H12N2/c1-4-10(3)14-12-7-11(8-13)6-5-9(12)2/h1,5-7,10,14H,2-3H3. The van der Waals surface area contributed by atoms with Gasteiger partial charge in [-0.1, -0.05) is 12.0 Å². The van der Waals surface area contributed by atoms with E-state index in [4.69, 9.17) is 11.7 Å². The van der Waals surface area contributed by atoms with Crippen molar-refractivity contribution in [3.63, 3.8) is 0 Å². The van der Waals surface area contributed by atoms with E-state index >= 15 is 0 Å². The highest BCUT2D eigenvalue weighted by Crippen LogP contribution is 2.17. The van der Waals surface area contributed by atoms with Gasteiger partial charge >= 0.3 is 0 Å². The fourth-order valence-corrected chi connectivity index (χ4v) is 1.12. The lowest BCUT2D eigenvalue weighted by Gasteiger charge is -2.11. The molecule has 2 heteroatoms. The van der Waals surface area contributed by atoms with Gasteiger partial charge in [0.15, 0.2) is 0 Å². The van der Waals surface area contributed by atoms with Gasteiger partial charge in [-0.05, 0) is 31.5 Å². The second kappa shape index (κ2) is 4.35. The van der Waals surface area contributed by atoms with Gasteiger partial charge in [-0.25, -0.2) is 0 Å². The second-order valence-corrected chi connectivity index (χ2v) is 3.17. The van der Waals surface area contributed by atoms with Crippen LogP contribution in [0.15, 0.2) is 18.2 Å². The molecule has 0 saturated carbocycles. The molecule has 0 radical (unpaired) electrons. The molecular formula is C12H12N2. The second-order valence-electron chi connectivity index (χ2n) is 3.17. The van der Waals surface area contributed by atoms with E-state index in [0.29, 0.717) is 5.56 Å². The Kier molecular flexibility index (Phi) is 3.15. The molecule has 1 rings (SSSR count). The van der Waals surface area contributed by atoms with Crippen LogP contribution in [0.2, 0.25) is 0 Å². The normalized spacial score (nSPS) is 11.1. The van der Waals surface area contributed by atoms with E-state index in [0.717, 1.165) is 11.3 Å². The minimum Gasteiger partial charge on any atom is -0.372 e. The monoisotopic (exact) mass is 184 g/mol. The summed E-state index contributed by atoms with van der Waals surface area (Å²) in [6.07, 6.45) is 5.26. The van der Waals surface area contributed by atoms with Crippen LogP contribution < -0.4 is 5.32 Å². The highest BCUT2D eigenvalue weighted by atomic mass is 14.9. The molecule has 0 spiro atoms. The molecule has 0 aliphatic rings. The number of terminal acetylenes is 1. The van der Waals surface area contributed by atoms with Gasteiger partial charge < -0.3 is 5.32 Å². The molecule has 1 aromatic rings. The van der Waals surface area contributed by atoms with Crippen LogP contribution in [-0.4, -0.2) is 6.04 Å². The average molecular weight is 184 g/mol. The molecule has 0 aromatic heterocycles. The molecule has 70 valence electrons. The molecule has 14 heavy (non-hydrogen) atoms. The van der Waals surface area contributed by atoms with Gasteiger partial charge in [0.05, 0.1) is 17.7 Å².